The Morgan fingerprint density at radius 1 is 0.957 bits per heavy atom. The minimum atomic E-state index is -0.154. The van der Waals surface area contributed by atoms with Crippen molar-refractivity contribution in [3.63, 3.8) is 0 Å². The summed E-state index contributed by atoms with van der Waals surface area (Å²) in [6.07, 6.45) is 3.36. The smallest absolute Gasteiger partial charge is 0.261 e. The Morgan fingerprint density at radius 3 is 2.30 bits per heavy atom. The highest BCUT2D eigenvalue weighted by Crippen LogP contribution is 2.24. The summed E-state index contributed by atoms with van der Waals surface area (Å²) >= 11 is 0. The molecule has 0 bridgehead atoms. The highest BCUT2D eigenvalue weighted by molar-refractivity contribution is 5.89. The molecule has 2 aliphatic rings. The minimum Gasteiger partial charge on any atom is -0.378 e. The van der Waals surface area contributed by atoms with Crippen molar-refractivity contribution in [3.8, 4) is 0 Å². The number of fused-ring (bicyclic) bond motifs is 1. The van der Waals surface area contributed by atoms with Gasteiger partial charge >= 0.3 is 0 Å². The van der Waals surface area contributed by atoms with Crippen LogP contribution in [0.15, 0.2) is 17.2 Å². The second-order valence-corrected chi connectivity index (χ2v) is 5.64. The monoisotopic (exact) mass is 317 g/mol. The van der Waals surface area contributed by atoms with Gasteiger partial charge in [-0.15, -0.1) is 0 Å². The van der Waals surface area contributed by atoms with Crippen LogP contribution in [0.3, 0.4) is 0 Å². The predicted octanol–water partition coefficient (Wildman–Crippen LogP) is -0.00870. The number of H-pyrrole nitrogens is 1. The third-order valence-corrected chi connectivity index (χ3v) is 4.25. The van der Waals surface area contributed by atoms with E-state index in [1.54, 1.807) is 12.4 Å². The molecule has 0 aliphatic carbocycles. The Morgan fingerprint density at radius 2 is 1.61 bits per heavy atom. The SMILES string of the molecule is O=c1[nH]c(N2CCOCC2)nc2c(N3CCOCC3)cncc12. The average Bonchev–Trinajstić information content (AvgIpc) is 2.63. The normalized spacial score (nSPS) is 19.3. The Labute approximate surface area is 133 Å². The first-order valence-corrected chi connectivity index (χ1v) is 7.86. The van der Waals surface area contributed by atoms with Gasteiger partial charge in [-0.2, -0.15) is 0 Å². The number of aromatic nitrogens is 3. The first-order chi connectivity index (χ1) is 11.3. The molecule has 0 spiro atoms. The van der Waals surface area contributed by atoms with Crippen LogP contribution in [-0.2, 0) is 9.47 Å². The Bertz CT molecular complexity index is 750. The van der Waals surface area contributed by atoms with Crippen molar-refractivity contribution < 1.29 is 9.47 Å². The summed E-state index contributed by atoms with van der Waals surface area (Å²) in [6, 6.07) is 0. The number of aromatic amines is 1. The van der Waals surface area contributed by atoms with Crippen LogP contribution in [0.25, 0.3) is 10.9 Å². The maximum Gasteiger partial charge on any atom is 0.261 e. The van der Waals surface area contributed by atoms with Crippen LogP contribution in [0.4, 0.5) is 11.6 Å². The van der Waals surface area contributed by atoms with Crippen LogP contribution in [0.2, 0.25) is 0 Å². The van der Waals surface area contributed by atoms with Gasteiger partial charge in [-0.1, -0.05) is 0 Å². The summed E-state index contributed by atoms with van der Waals surface area (Å²) in [4.78, 5) is 28.5. The molecule has 0 amide bonds. The lowest BCUT2D eigenvalue weighted by Gasteiger charge is -2.30. The topological polar surface area (TPSA) is 83.6 Å². The minimum absolute atomic E-state index is 0.154. The number of rotatable bonds is 2. The molecule has 4 heterocycles. The van der Waals surface area contributed by atoms with Crippen LogP contribution < -0.4 is 15.4 Å². The van der Waals surface area contributed by atoms with E-state index in [9.17, 15) is 4.79 Å². The predicted molar refractivity (Wildman–Crippen MR) is 86.2 cm³/mol. The fraction of sp³-hybridized carbons (Fsp3) is 0.533. The van der Waals surface area contributed by atoms with Gasteiger partial charge in [0.2, 0.25) is 5.95 Å². The second kappa shape index (κ2) is 6.13. The van der Waals surface area contributed by atoms with Crippen molar-refractivity contribution in [2.75, 3.05) is 62.4 Å². The lowest BCUT2D eigenvalue weighted by Crippen LogP contribution is -2.39. The molecular formula is C15H19N5O3. The summed E-state index contributed by atoms with van der Waals surface area (Å²) in [6.45, 7) is 5.66. The molecule has 2 saturated heterocycles. The molecule has 0 radical (unpaired) electrons. The molecule has 0 saturated carbocycles. The lowest BCUT2D eigenvalue weighted by atomic mass is 10.2. The zero-order valence-corrected chi connectivity index (χ0v) is 12.8. The molecule has 8 nitrogen and oxygen atoms in total. The third-order valence-electron chi connectivity index (χ3n) is 4.25. The molecule has 2 aromatic heterocycles. The number of nitrogens with one attached hydrogen (secondary N) is 1. The number of hydrogen-bond acceptors (Lipinski definition) is 7. The van der Waals surface area contributed by atoms with Gasteiger partial charge in [-0.05, 0) is 0 Å². The number of morpholine rings is 2. The zero-order valence-electron chi connectivity index (χ0n) is 12.8. The fourth-order valence-corrected chi connectivity index (χ4v) is 2.99. The van der Waals surface area contributed by atoms with E-state index in [4.69, 9.17) is 14.5 Å². The second-order valence-electron chi connectivity index (χ2n) is 5.64. The summed E-state index contributed by atoms with van der Waals surface area (Å²) in [7, 11) is 0. The zero-order chi connectivity index (χ0) is 15.6. The number of anilines is 2. The molecule has 4 rings (SSSR count). The average molecular weight is 317 g/mol. The van der Waals surface area contributed by atoms with Gasteiger partial charge in [0.1, 0.15) is 5.52 Å². The Hall–Kier alpha value is -2.19. The van der Waals surface area contributed by atoms with E-state index in [1.807, 2.05) is 4.90 Å². The maximum absolute atomic E-state index is 12.4. The van der Waals surface area contributed by atoms with Crippen molar-refractivity contribution in [2.45, 2.75) is 0 Å². The van der Waals surface area contributed by atoms with E-state index in [1.165, 1.54) is 0 Å². The number of hydrogen-bond donors (Lipinski definition) is 1. The molecule has 2 fully saturated rings. The molecule has 0 atom stereocenters. The van der Waals surface area contributed by atoms with Gasteiger partial charge in [0.15, 0.2) is 0 Å². The molecule has 122 valence electrons. The highest BCUT2D eigenvalue weighted by atomic mass is 16.5. The number of ether oxygens (including phenoxy) is 2. The van der Waals surface area contributed by atoms with Gasteiger partial charge in [0, 0.05) is 32.4 Å². The van der Waals surface area contributed by atoms with E-state index in [2.05, 4.69) is 14.9 Å². The molecule has 2 aliphatic heterocycles. The van der Waals surface area contributed by atoms with Crippen LogP contribution >= 0.6 is 0 Å². The maximum atomic E-state index is 12.4. The first-order valence-electron chi connectivity index (χ1n) is 7.86. The fourth-order valence-electron chi connectivity index (χ4n) is 2.99. The molecule has 1 N–H and O–H groups in total. The standard InChI is InChI=1S/C15H19N5O3/c21-14-11-9-16-10-12(19-1-5-22-6-2-19)13(11)17-15(18-14)20-3-7-23-8-4-20/h9-10H,1-8H2,(H,17,18,21). The Balaban J connectivity index is 1.80. The quantitative estimate of drug-likeness (QED) is 0.834. The molecular weight excluding hydrogens is 298 g/mol. The molecule has 23 heavy (non-hydrogen) atoms. The summed E-state index contributed by atoms with van der Waals surface area (Å²) < 4.78 is 10.8. The summed E-state index contributed by atoms with van der Waals surface area (Å²) in [5.41, 5.74) is 1.44. The van der Waals surface area contributed by atoms with E-state index >= 15 is 0 Å². The van der Waals surface area contributed by atoms with E-state index in [0.717, 1.165) is 31.9 Å². The number of nitrogens with zero attached hydrogens (tertiary/aromatic N) is 4. The van der Waals surface area contributed by atoms with Gasteiger partial charge in [-0.25, -0.2) is 4.98 Å². The van der Waals surface area contributed by atoms with Crippen LogP contribution in [0, 0.1) is 0 Å². The van der Waals surface area contributed by atoms with Gasteiger partial charge < -0.3 is 19.3 Å². The summed E-state index contributed by atoms with van der Waals surface area (Å²) in [5.74, 6) is 0.603. The third kappa shape index (κ3) is 2.75. The van der Waals surface area contributed by atoms with E-state index < -0.39 is 0 Å². The summed E-state index contributed by atoms with van der Waals surface area (Å²) in [5, 5.41) is 0.519. The van der Waals surface area contributed by atoms with Crippen LogP contribution in [0.1, 0.15) is 0 Å². The molecule has 0 aromatic carbocycles. The Kier molecular flexibility index (Phi) is 3.84. The van der Waals surface area contributed by atoms with Gasteiger partial charge in [0.25, 0.3) is 5.56 Å². The van der Waals surface area contributed by atoms with E-state index in [-0.39, 0.29) is 5.56 Å². The van der Waals surface area contributed by atoms with Crippen LogP contribution in [-0.4, -0.2) is 67.6 Å². The van der Waals surface area contributed by atoms with Crippen molar-refractivity contribution in [1.29, 1.82) is 0 Å². The molecule has 0 unspecified atom stereocenters. The molecule has 2 aromatic rings. The van der Waals surface area contributed by atoms with Gasteiger partial charge in [0.05, 0.1) is 43.7 Å². The first kappa shape index (κ1) is 14.4. The van der Waals surface area contributed by atoms with E-state index in [0.29, 0.717) is 43.3 Å². The highest BCUT2D eigenvalue weighted by Gasteiger charge is 2.19. The van der Waals surface area contributed by atoms with Crippen molar-refractivity contribution in [2.24, 2.45) is 0 Å². The van der Waals surface area contributed by atoms with Gasteiger partial charge in [-0.3, -0.25) is 14.8 Å². The van der Waals surface area contributed by atoms with Crippen molar-refractivity contribution >= 4 is 22.5 Å². The van der Waals surface area contributed by atoms with Crippen molar-refractivity contribution in [1.82, 2.24) is 15.0 Å². The number of pyridine rings is 1. The van der Waals surface area contributed by atoms with Crippen LogP contribution in [0.5, 0.6) is 0 Å². The molecule has 8 heteroatoms. The largest absolute Gasteiger partial charge is 0.378 e. The van der Waals surface area contributed by atoms with Crippen molar-refractivity contribution in [3.05, 3.63) is 22.7 Å². The lowest BCUT2D eigenvalue weighted by molar-refractivity contribution is 0.122.